The molecule has 0 amide bonds. The molecule has 0 aromatic carbocycles. The molecular formula is C24H38O2. The summed E-state index contributed by atoms with van der Waals surface area (Å²) >= 11 is 0. The molecule has 0 heterocycles. The molecule has 8 atom stereocenters. The number of rotatable bonds is 3. The number of carbonyl (C=O) groups is 1. The van der Waals surface area contributed by atoms with E-state index >= 15 is 0 Å². The van der Waals surface area contributed by atoms with Gasteiger partial charge < -0.3 is 5.11 Å². The van der Waals surface area contributed by atoms with Crippen LogP contribution in [-0.4, -0.2) is 16.5 Å². The Bertz CT molecular complexity index is 597. The number of aliphatic hydroxyl groups is 1. The van der Waals surface area contributed by atoms with Gasteiger partial charge in [0.2, 0.25) is 0 Å². The average Bonchev–Trinajstić information content (AvgIpc) is 2.93. The van der Waals surface area contributed by atoms with Crippen LogP contribution in [0, 0.1) is 40.4 Å². The summed E-state index contributed by atoms with van der Waals surface area (Å²) in [6.45, 7) is 10.7. The van der Waals surface area contributed by atoms with Gasteiger partial charge in [0.1, 0.15) is 5.78 Å². The Morgan fingerprint density at radius 3 is 2.50 bits per heavy atom. The van der Waals surface area contributed by atoms with Gasteiger partial charge in [0, 0.05) is 5.92 Å². The van der Waals surface area contributed by atoms with Crippen molar-refractivity contribution < 1.29 is 9.90 Å². The van der Waals surface area contributed by atoms with E-state index in [4.69, 9.17) is 0 Å². The van der Waals surface area contributed by atoms with Crippen molar-refractivity contribution in [2.45, 2.75) is 90.6 Å². The Morgan fingerprint density at radius 1 is 1.08 bits per heavy atom. The minimum absolute atomic E-state index is 0.167. The van der Waals surface area contributed by atoms with Crippen molar-refractivity contribution in [1.29, 1.82) is 0 Å². The normalized spacial score (nSPS) is 53.3. The van der Waals surface area contributed by atoms with Crippen molar-refractivity contribution in [3.8, 4) is 0 Å². The average molecular weight is 359 g/mol. The van der Waals surface area contributed by atoms with Crippen molar-refractivity contribution in [2.75, 3.05) is 0 Å². The lowest BCUT2D eigenvalue weighted by Crippen LogP contribution is -2.62. The highest BCUT2D eigenvalue weighted by atomic mass is 16.3. The van der Waals surface area contributed by atoms with Crippen LogP contribution in [0.15, 0.2) is 12.7 Å². The van der Waals surface area contributed by atoms with Crippen LogP contribution in [-0.2, 0) is 4.79 Å². The van der Waals surface area contributed by atoms with E-state index in [0.717, 1.165) is 25.2 Å². The molecule has 0 radical (unpaired) electrons. The van der Waals surface area contributed by atoms with Crippen molar-refractivity contribution in [1.82, 2.24) is 0 Å². The van der Waals surface area contributed by atoms with Gasteiger partial charge in [-0.25, -0.2) is 0 Å². The van der Waals surface area contributed by atoms with Gasteiger partial charge in [-0.1, -0.05) is 32.8 Å². The molecule has 0 aliphatic heterocycles. The summed E-state index contributed by atoms with van der Waals surface area (Å²) < 4.78 is 0. The second-order valence-electron chi connectivity index (χ2n) is 10.8. The van der Waals surface area contributed by atoms with Gasteiger partial charge >= 0.3 is 0 Å². The van der Waals surface area contributed by atoms with Crippen LogP contribution in [0.3, 0.4) is 0 Å². The van der Waals surface area contributed by atoms with Crippen LogP contribution in [0.1, 0.15) is 85.0 Å². The van der Waals surface area contributed by atoms with Crippen LogP contribution in [0.2, 0.25) is 0 Å². The Hall–Kier alpha value is -0.630. The maximum atomic E-state index is 12.3. The van der Waals surface area contributed by atoms with Crippen LogP contribution in [0.4, 0.5) is 0 Å². The van der Waals surface area contributed by atoms with Crippen molar-refractivity contribution in [3.63, 3.8) is 0 Å². The summed E-state index contributed by atoms with van der Waals surface area (Å²) in [5.74, 6) is 3.01. The molecule has 0 saturated heterocycles. The Morgan fingerprint density at radius 2 is 1.81 bits per heavy atom. The summed E-state index contributed by atoms with van der Waals surface area (Å²) in [7, 11) is 0. The highest BCUT2D eigenvalue weighted by Crippen LogP contribution is 2.69. The van der Waals surface area contributed by atoms with E-state index in [9.17, 15) is 9.90 Å². The molecular weight excluding hydrogens is 320 g/mol. The maximum absolute atomic E-state index is 12.3. The summed E-state index contributed by atoms with van der Waals surface area (Å²) in [4.78, 5) is 12.3. The van der Waals surface area contributed by atoms with Crippen LogP contribution in [0.25, 0.3) is 0 Å². The third-order valence-electron chi connectivity index (χ3n) is 9.76. The molecule has 4 aliphatic rings. The fourth-order valence-corrected chi connectivity index (χ4v) is 8.77. The van der Waals surface area contributed by atoms with Gasteiger partial charge in [-0.3, -0.25) is 4.79 Å². The van der Waals surface area contributed by atoms with Crippen LogP contribution in [0.5, 0.6) is 0 Å². The van der Waals surface area contributed by atoms with Gasteiger partial charge in [0.05, 0.1) is 5.60 Å². The predicted molar refractivity (Wildman–Crippen MR) is 106 cm³/mol. The van der Waals surface area contributed by atoms with Crippen LogP contribution >= 0.6 is 0 Å². The van der Waals surface area contributed by atoms with E-state index < -0.39 is 5.60 Å². The minimum atomic E-state index is -0.579. The Kier molecular flexibility index (Phi) is 4.46. The molecule has 0 bridgehead atoms. The number of carbonyl (C=O) groups excluding carboxylic acids is 1. The predicted octanol–water partition coefficient (Wildman–Crippen LogP) is 5.54. The lowest BCUT2D eigenvalue weighted by molar-refractivity contribution is -0.203. The molecule has 4 saturated carbocycles. The lowest BCUT2D eigenvalue weighted by Gasteiger charge is -2.64. The van der Waals surface area contributed by atoms with Crippen molar-refractivity contribution in [2.24, 2.45) is 40.4 Å². The Balaban J connectivity index is 1.73. The van der Waals surface area contributed by atoms with Crippen molar-refractivity contribution in [3.05, 3.63) is 12.7 Å². The molecule has 0 aromatic heterocycles. The fraction of sp³-hybridized carbons (Fsp3) is 0.875. The van der Waals surface area contributed by atoms with E-state index in [-0.39, 0.29) is 16.7 Å². The zero-order chi connectivity index (χ0) is 18.7. The topological polar surface area (TPSA) is 37.3 Å². The molecule has 26 heavy (non-hydrogen) atoms. The second-order valence-corrected chi connectivity index (χ2v) is 10.8. The van der Waals surface area contributed by atoms with Crippen molar-refractivity contribution >= 4 is 5.78 Å². The minimum Gasteiger partial charge on any atom is -0.389 e. The molecule has 0 aromatic rings. The van der Waals surface area contributed by atoms with Crippen LogP contribution < -0.4 is 0 Å². The second kappa shape index (κ2) is 6.19. The number of ketones is 1. The monoisotopic (exact) mass is 358 g/mol. The maximum Gasteiger partial charge on any atom is 0.133 e. The third kappa shape index (κ3) is 2.43. The molecule has 146 valence electrons. The first-order chi connectivity index (χ1) is 12.3. The molecule has 2 nitrogen and oxygen atoms in total. The SMILES string of the molecule is C=CC[C@]1(O)C[C@@H]2[C@H](CC[C@]3(C)[C@@H](C(C)=O)CC[C@@H]23)[C@@]2(C)CCCC[C@H]12. The summed E-state index contributed by atoms with van der Waals surface area (Å²) in [6, 6.07) is 0. The smallest absolute Gasteiger partial charge is 0.133 e. The van der Waals surface area contributed by atoms with Gasteiger partial charge in [-0.05, 0) is 92.8 Å². The van der Waals surface area contributed by atoms with E-state index in [0.29, 0.717) is 23.5 Å². The van der Waals surface area contributed by atoms with E-state index in [1.165, 1.54) is 44.9 Å². The standard InChI is InChI=1S/C24H38O2/c1-5-12-24(26)15-17-19-10-9-18(16(2)25)22(19,3)14-11-20(17)23(4)13-7-6-8-21(23)24/h5,17-21,26H,1,6-15H2,2-4H3/t17-,18+,19-,20-,21-,22+,23+,24-/m0/s1. The molecule has 4 rings (SSSR count). The molecule has 1 N–H and O–H groups in total. The number of Topliss-reactive ketones (excluding diaryl/α,β-unsaturated/α-hetero) is 1. The summed E-state index contributed by atoms with van der Waals surface area (Å²) in [6.07, 6.45) is 13.4. The number of hydrogen-bond donors (Lipinski definition) is 1. The van der Waals surface area contributed by atoms with E-state index in [1.807, 2.05) is 6.08 Å². The van der Waals surface area contributed by atoms with E-state index in [2.05, 4.69) is 20.4 Å². The zero-order valence-corrected chi connectivity index (χ0v) is 17.1. The summed E-state index contributed by atoms with van der Waals surface area (Å²) in [5.41, 5.74) is -0.140. The van der Waals surface area contributed by atoms with E-state index in [1.54, 1.807) is 6.92 Å². The molecule has 0 unspecified atom stereocenters. The molecule has 2 heteroatoms. The molecule has 0 spiro atoms. The molecule has 4 fully saturated rings. The Labute approximate surface area is 159 Å². The zero-order valence-electron chi connectivity index (χ0n) is 17.1. The van der Waals surface area contributed by atoms with Gasteiger partial charge in [-0.15, -0.1) is 6.58 Å². The lowest BCUT2D eigenvalue weighted by atomic mass is 9.41. The summed E-state index contributed by atoms with van der Waals surface area (Å²) in [5, 5.41) is 11.8. The number of fused-ring (bicyclic) bond motifs is 5. The van der Waals surface area contributed by atoms with Gasteiger partial charge in [0.15, 0.2) is 0 Å². The first-order valence-corrected chi connectivity index (χ1v) is 11.1. The highest BCUT2D eigenvalue weighted by molar-refractivity contribution is 5.79. The quantitative estimate of drug-likeness (QED) is 0.672. The molecule has 4 aliphatic carbocycles. The largest absolute Gasteiger partial charge is 0.389 e. The first-order valence-electron chi connectivity index (χ1n) is 11.1. The highest BCUT2D eigenvalue weighted by Gasteiger charge is 2.64. The number of hydrogen-bond acceptors (Lipinski definition) is 2. The van der Waals surface area contributed by atoms with Gasteiger partial charge in [0.25, 0.3) is 0 Å². The first kappa shape index (κ1) is 18.7. The third-order valence-corrected chi connectivity index (χ3v) is 9.76. The van der Waals surface area contributed by atoms with Gasteiger partial charge in [-0.2, -0.15) is 0 Å². The fourth-order valence-electron chi connectivity index (χ4n) is 8.77.